The highest BCUT2D eigenvalue weighted by Gasteiger charge is 2.45. The minimum atomic E-state index is -0.752. The summed E-state index contributed by atoms with van der Waals surface area (Å²) in [6.07, 6.45) is 0.549. The smallest absolute Gasteiger partial charge is 0.295 e. The largest absolute Gasteiger partial charge is 0.507 e. The van der Waals surface area contributed by atoms with E-state index in [2.05, 4.69) is 0 Å². The van der Waals surface area contributed by atoms with Crippen LogP contribution in [0.1, 0.15) is 34.7 Å². The number of ether oxygens (including phenoxy) is 2. The quantitative estimate of drug-likeness (QED) is 0.175. The first kappa shape index (κ1) is 25.5. The lowest BCUT2D eigenvalue weighted by Gasteiger charge is -2.25. The molecule has 1 amide bonds. The number of carbonyl (C=O) groups excluding carboxylic acids is 2. The van der Waals surface area contributed by atoms with Crippen LogP contribution >= 0.6 is 11.6 Å². The van der Waals surface area contributed by atoms with Crippen molar-refractivity contribution in [3.8, 4) is 5.75 Å². The van der Waals surface area contributed by atoms with Crippen LogP contribution in [0, 0.1) is 6.92 Å². The maximum atomic E-state index is 13.1. The zero-order valence-corrected chi connectivity index (χ0v) is 21.0. The molecule has 0 radical (unpaired) electrons. The number of amides is 1. The summed E-state index contributed by atoms with van der Waals surface area (Å²) in [6, 6.07) is 21.0. The molecule has 0 aromatic heterocycles. The molecule has 186 valence electrons. The predicted octanol–water partition coefficient (Wildman–Crippen LogP) is 5.69. The fraction of sp³-hybridized carbons (Fsp3) is 0.241. The summed E-state index contributed by atoms with van der Waals surface area (Å²) in [5.41, 5.74) is 3.33. The average molecular weight is 506 g/mol. The van der Waals surface area contributed by atoms with E-state index in [1.54, 1.807) is 55.6 Å². The summed E-state index contributed by atoms with van der Waals surface area (Å²) in [4.78, 5) is 27.5. The Morgan fingerprint density at radius 1 is 1.03 bits per heavy atom. The SMILES string of the molecule is COCCCN1C(=O)C(=O)C(=C(O)c2ccc(OCc3ccccc3C)cc2)C1c1cccc(Cl)c1. The van der Waals surface area contributed by atoms with Crippen LogP contribution in [0.2, 0.25) is 5.02 Å². The summed E-state index contributed by atoms with van der Waals surface area (Å²) < 4.78 is 11.0. The molecule has 0 saturated carbocycles. The molecule has 1 N–H and O–H groups in total. The number of methoxy groups -OCH3 is 1. The van der Waals surface area contributed by atoms with E-state index in [-0.39, 0.29) is 11.3 Å². The second-order valence-corrected chi connectivity index (χ2v) is 9.07. The normalized spacial score (nSPS) is 17.0. The summed E-state index contributed by atoms with van der Waals surface area (Å²) in [5, 5.41) is 11.7. The number of benzene rings is 3. The van der Waals surface area contributed by atoms with E-state index in [1.165, 1.54) is 4.90 Å². The van der Waals surface area contributed by atoms with Gasteiger partial charge in [0.2, 0.25) is 0 Å². The third-order valence-electron chi connectivity index (χ3n) is 6.24. The Hall–Kier alpha value is -3.61. The molecule has 0 aliphatic carbocycles. The number of likely N-dealkylation sites (tertiary alicyclic amines) is 1. The number of hydrogen-bond donors (Lipinski definition) is 1. The molecule has 1 fully saturated rings. The highest BCUT2D eigenvalue weighted by Crippen LogP contribution is 2.40. The first-order chi connectivity index (χ1) is 17.4. The number of Topliss-reactive ketones (excluding diaryl/α,β-unsaturated/α-hetero) is 1. The van der Waals surface area contributed by atoms with E-state index < -0.39 is 17.7 Å². The minimum Gasteiger partial charge on any atom is -0.507 e. The van der Waals surface area contributed by atoms with Crippen molar-refractivity contribution in [2.45, 2.75) is 26.0 Å². The highest BCUT2D eigenvalue weighted by atomic mass is 35.5. The van der Waals surface area contributed by atoms with Gasteiger partial charge in [-0.05, 0) is 66.4 Å². The van der Waals surface area contributed by atoms with Gasteiger partial charge in [-0.3, -0.25) is 9.59 Å². The molecule has 3 aromatic carbocycles. The van der Waals surface area contributed by atoms with E-state index in [0.717, 1.165) is 11.1 Å². The Bertz CT molecular complexity index is 1280. The third kappa shape index (κ3) is 5.45. The van der Waals surface area contributed by atoms with Crippen molar-refractivity contribution < 1.29 is 24.2 Å². The molecule has 36 heavy (non-hydrogen) atoms. The molecule has 1 heterocycles. The van der Waals surface area contributed by atoms with Gasteiger partial charge in [-0.15, -0.1) is 0 Å². The first-order valence-electron chi connectivity index (χ1n) is 11.7. The fourth-order valence-corrected chi connectivity index (χ4v) is 4.51. The van der Waals surface area contributed by atoms with Gasteiger partial charge < -0.3 is 19.5 Å². The number of hydrogen-bond acceptors (Lipinski definition) is 5. The maximum absolute atomic E-state index is 13.1. The average Bonchev–Trinajstić information content (AvgIpc) is 3.13. The molecule has 0 bridgehead atoms. The Kier molecular flexibility index (Phi) is 8.08. The van der Waals surface area contributed by atoms with Crippen LogP contribution in [0.4, 0.5) is 0 Å². The standard InChI is InChI=1S/C29H28ClNO5/c1-19-7-3-4-8-22(19)18-36-24-13-11-20(12-14-24)27(32)25-26(21-9-5-10-23(30)17-21)31(15-6-16-35-2)29(34)28(25)33/h3-5,7-14,17,26,32H,6,15-16,18H2,1-2H3. The zero-order chi connectivity index (χ0) is 25.7. The number of rotatable bonds is 9. The van der Waals surface area contributed by atoms with E-state index >= 15 is 0 Å². The van der Waals surface area contributed by atoms with Crippen LogP contribution < -0.4 is 4.74 Å². The molecule has 1 aliphatic rings. The molecule has 3 aromatic rings. The Morgan fingerprint density at radius 2 is 1.78 bits per heavy atom. The van der Waals surface area contributed by atoms with Gasteiger partial charge in [-0.2, -0.15) is 0 Å². The van der Waals surface area contributed by atoms with Crippen molar-refractivity contribution in [2.75, 3.05) is 20.3 Å². The van der Waals surface area contributed by atoms with E-state index in [9.17, 15) is 14.7 Å². The Labute approximate surface area is 215 Å². The molecular formula is C29H28ClNO5. The number of aryl methyl sites for hydroxylation is 1. The molecule has 7 heteroatoms. The predicted molar refractivity (Wildman–Crippen MR) is 139 cm³/mol. The number of ketones is 1. The number of aliphatic hydroxyl groups excluding tert-OH is 1. The van der Waals surface area contributed by atoms with Gasteiger partial charge in [0.1, 0.15) is 18.1 Å². The molecule has 1 atom stereocenters. The lowest BCUT2D eigenvalue weighted by Crippen LogP contribution is -2.31. The van der Waals surface area contributed by atoms with Crippen LogP contribution in [-0.4, -0.2) is 42.0 Å². The highest BCUT2D eigenvalue weighted by molar-refractivity contribution is 6.46. The minimum absolute atomic E-state index is 0.0354. The zero-order valence-electron chi connectivity index (χ0n) is 20.2. The van der Waals surface area contributed by atoms with Gasteiger partial charge in [0.25, 0.3) is 11.7 Å². The number of halogens is 1. The monoisotopic (exact) mass is 505 g/mol. The van der Waals surface area contributed by atoms with Crippen molar-refractivity contribution in [3.63, 3.8) is 0 Å². The van der Waals surface area contributed by atoms with E-state index in [4.69, 9.17) is 21.1 Å². The van der Waals surface area contributed by atoms with Crippen molar-refractivity contribution in [1.29, 1.82) is 0 Å². The second-order valence-electron chi connectivity index (χ2n) is 8.63. The maximum Gasteiger partial charge on any atom is 0.295 e. The number of carbonyl (C=O) groups is 2. The van der Waals surface area contributed by atoms with Gasteiger partial charge >= 0.3 is 0 Å². The first-order valence-corrected chi connectivity index (χ1v) is 12.1. The van der Waals surface area contributed by atoms with Gasteiger partial charge in [0, 0.05) is 30.8 Å². The molecule has 4 rings (SSSR count). The fourth-order valence-electron chi connectivity index (χ4n) is 4.31. The van der Waals surface area contributed by atoms with Crippen molar-refractivity contribution >= 4 is 29.1 Å². The van der Waals surface area contributed by atoms with Crippen LogP contribution in [0.5, 0.6) is 5.75 Å². The molecule has 6 nitrogen and oxygen atoms in total. The number of nitrogens with zero attached hydrogens (tertiary/aromatic N) is 1. The van der Waals surface area contributed by atoms with Crippen LogP contribution in [-0.2, 0) is 20.9 Å². The van der Waals surface area contributed by atoms with Crippen LogP contribution in [0.15, 0.2) is 78.4 Å². The second kappa shape index (κ2) is 11.4. The summed E-state index contributed by atoms with van der Waals surface area (Å²) >= 11 is 6.22. The summed E-state index contributed by atoms with van der Waals surface area (Å²) in [7, 11) is 1.58. The molecule has 1 aliphatic heterocycles. The van der Waals surface area contributed by atoms with E-state index in [1.807, 2.05) is 31.2 Å². The molecule has 1 unspecified atom stereocenters. The van der Waals surface area contributed by atoms with Gasteiger partial charge in [0.15, 0.2) is 0 Å². The lowest BCUT2D eigenvalue weighted by molar-refractivity contribution is -0.140. The summed E-state index contributed by atoms with van der Waals surface area (Å²) in [6.45, 7) is 3.19. The molecular weight excluding hydrogens is 478 g/mol. The summed E-state index contributed by atoms with van der Waals surface area (Å²) in [5.74, 6) is -0.996. The molecule has 0 spiro atoms. The van der Waals surface area contributed by atoms with Crippen molar-refractivity contribution in [3.05, 3.63) is 106 Å². The lowest BCUT2D eigenvalue weighted by atomic mass is 9.95. The molecule has 1 saturated heterocycles. The van der Waals surface area contributed by atoms with Crippen LogP contribution in [0.25, 0.3) is 5.76 Å². The Morgan fingerprint density at radius 3 is 2.47 bits per heavy atom. The van der Waals surface area contributed by atoms with Gasteiger partial charge in [-0.25, -0.2) is 0 Å². The van der Waals surface area contributed by atoms with Crippen molar-refractivity contribution in [2.24, 2.45) is 0 Å². The number of aliphatic hydroxyl groups is 1. The van der Waals surface area contributed by atoms with Gasteiger partial charge in [0.05, 0.1) is 11.6 Å². The van der Waals surface area contributed by atoms with Gasteiger partial charge in [-0.1, -0.05) is 48.0 Å². The van der Waals surface area contributed by atoms with Crippen LogP contribution in [0.3, 0.4) is 0 Å². The Balaban J connectivity index is 1.64. The topological polar surface area (TPSA) is 76.1 Å². The van der Waals surface area contributed by atoms with E-state index in [0.29, 0.717) is 48.1 Å². The third-order valence-corrected chi connectivity index (χ3v) is 6.47. The van der Waals surface area contributed by atoms with Crippen molar-refractivity contribution in [1.82, 2.24) is 4.90 Å².